The van der Waals surface area contributed by atoms with Gasteiger partial charge in [-0.3, -0.25) is 4.79 Å². The van der Waals surface area contributed by atoms with Crippen molar-refractivity contribution in [1.82, 2.24) is 5.32 Å². The first-order valence-electron chi connectivity index (χ1n) is 5.33. The van der Waals surface area contributed by atoms with Gasteiger partial charge < -0.3 is 5.32 Å². The van der Waals surface area contributed by atoms with Gasteiger partial charge in [0.15, 0.2) is 0 Å². The van der Waals surface area contributed by atoms with Crippen molar-refractivity contribution in [2.45, 2.75) is 13.5 Å². The van der Waals surface area contributed by atoms with E-state index in [-0.39, 0.29) is 11.7 Å². The average molecular weight is 328 g/mol. The number of amides is 1. The third-order valence-electron chi connectivity index (χ3n) is 2.48. The molecule has 1 amide bonds. The third kappa shape index (κ3) is 3.17. The van der Waals surface area contributed by atoms with Crippen LogP contribution in [0.1, 0.15) is 20.8 Å². The van der Waals surface area contributed by atoms with Gasteiger partial charge >= 0.3 is 0 Å². The summed E-state index contributed by atoms with van der Waals surface area (Å²) >= 11 is 4.93. The van der Waals surface area contributed by atoms with Crippen molar-refractivity contribution in [3.8, 4) is 0 Å². The molecular weight excluding hydrogens is 317 g/mol. The number of carbonyl (C=O) groups excluding carboxylic acids is 1. The summed E-state index contributed by atoms with van der Waals surface area (Å²) in [5.41, 5.74) is 1.15. The number of nitrogens with one attached hydrogen (secondary N) is 1. The van der Waals surface area contributed by atoms with E-state index in [1.807, 2.05) is 11.4 Å². The second-order valence-corrected chi connectivity index (χ2v) is 5.78. The molecule has 0 bridgehead atoms. The molecule has 0 aliphatic rings. The second kappa shape index (κ2) is 5.63. The van der Waals surface area contributed by atoms with Gasteiger partial charge in [-0.2, -0.15) is 0 Å². The lowest BCUT2D eigenvalue weighted by atomic mass is 10.1. The minimum Gasteiger partial charge on any atom is -0.347 e. The number of thiophene rings is 1. The summed E-state index contributed by atoms with van der Waals surface area (Å²) in [6.45, 7) is 2.20. The highest BCUT2D eigenvalue weighted by molar-refractivity contribution is 9.10. The zero-order valence-electron chi connectivity index (χ0n) is 9.67. The monoisotopic (exact) mass is 327 g/mol. The van der Waals surface area contributed by atoms with E-state index >= 15 is 0 Å². The lowest BCUT2D eigenvalue weighted by molar-refractivity contribution is 0.0950. The molecule has 1 heterocycles. The predicted octanol–water partition coefficient (Wildman–Crippen LogP) is 3.89. The zero-order chi connectivity index (χ0) is 13.1. The number of rotatable bonds is 3. The highest BCUT2D eigenvalue weighted by atomic mass is 79.9. The maximum absolute atomic E-state index is 12.9. The SMILES string of the molecule is Cc1cc(F)ccc1C(=O)NCc1cc(Br)cs1. The van der Waals surface area contributed by atoms with Crippen LogP contribution in [-0.2, 0) is 6.54 Å². The van der Waals surface area contributed by atoms with E-state index in [0.717, 1.165) is 9.35 Å². The Morgan fingerprint density at radius 2 is 2.22 bits per heavy atom. The number of benzene rings is 1. The highest BCUT2D eigenvalue weighted by Crippen LogP contribution is 2.19. The quantitative estimate of drug-likeness (QED) is 0.910. The fourth-order valence-electron chi connectivity index (χ4n) is 1.59. The van der Waals surface area contributed by atoms with Gasteiger partial charge in [-0.15, -0.1) is 11.3 Å². The molecule has 0 saturated heterocycles. The number of hydrogen-bond donors (Lipinski definition) is 1. The first kappa shape index (κ1) is 13.2. The summed E-state index contributed by atoms with van der Waals surface area (Å²) in [5, 5.41) is 4.78. The van der Waals surface area contributed by atoms with E-state index in [4.69, 9.17) is 0 Å². The van der Waals surface area contributed by atoms with Crippen LogP contribution < -0.4 is 5.32 Å². The van der Waals surface area contributed by atoms with Gasteiger partial charge in [0.05, 0.1) is 6.54 Å². The van der Waals surface area contributed by atoms with Gasteiger partial charge in [0.1, 0.15) is 5.82 Å². The maximum Gasteiger partial charge on any atom is 0.251 e. The fraction of sp³-hybridized carbons (Fsp3) is 0.154. The smallest absolute Gasteiger partial charge is 0.251 e. The lowest BCUT2D eigenvalue weighted by Crippen LogP contribution is -2.23. The van der Waals surface area contributed by atoms with Crippen LogP contribution in [0.5, 0.6) is 0 Å². The van der Waals surface area contributed by atoms with Crippen molar-refractivity contribution in [2.24, 2.45) is 0 Å². The van der Waals surface area contributed by atoms with E-state index in [1.165, 1.54) is 18.2 Å². The molecule has 0 radical (unpaired) electrons. The van der Waals surface area contributed by atoms with Crippen LogP contribution >= 0.6 is 27.3 Å². The lowest BCUT2D eigenvalue weighted by Gasteiger charge is -2.06. The summed E-state index contributed by atoms with van der Waals surface area (Å²) in [5.74, 6) is -0.511. The van der Waals surface area contributed by atoms with Gasteiger partial charge in [0.25, 0.3) is 5.91 Å². The van der Waals surface area contributed by atoms with Gasteiger partial charge in [0.2, 0.25) is 0 Å². The summed E-state index contributed by atoms with van der Waals surface area (Å²) in [6, 6.07) is 6.12. The van der Waals surface area contributed by atoms with Gasteiger partial charge in [-0.1, -0.05) is 0 Å². The standard InChI is InChI=1S/C13H11BrFNOS/c1-8-4-10(15)2-3-12(8)13(17)16-6-11-5-9(14)7-18-11/h2-5,7H,6H2,1H3,(H,16,17). The Balaban J connectivity index is 2.03. The van der Waals surface area contributed by atoms with Crippen LogP contribution in [0, 0.1) is 12.7 Å². The summed E-state index contributed by atoms with van der Waals surface area (Å²) in [6.07, 6.45) is 0. The van der Waals surface area contributed by atoms with E-state index in [9.17, 15) is 9.18 Å². The van der Waals surface area contributed by atoms with E-state index < -0.39 is 0 Å². The molecule has 0 fully saturated rings. The molecule has 1 N–H and O–H groups in total. The molecule has 0 unspecified atom stereocenters. The average Bonchev–Trinajstić information content (AvgIpc) is 2.72. The van der Waals surface area contributed by atoms with Crippen molar-refractivity contribution in [1.29, 1.82) is 0 Å². The normalized spacial score (nSPS) is 10.4. The predicted molar refractivity (Wildman–Crippen MR) is 74.3 cm³/mol. The molecule has 0 atom stereocenters. The molecule has 0 spiro atoms. The third-order valence-corrected chi connectivity index (χ3v) is 4.18. The minimum atomic E-state index is -0.328. The van der Waals surface area contributed by atoms with Gasteiger partial charge in [0, 0.05) is 20.3 Å². The molecule has 2 nitrogen and oxygen atoms in total. The van der Waals surface area contributed by atoms with Crippen LogP contribution in [0.2, 0.25) is 0 Å². The van der Waals surface area contributed by atoms with Crippen molar-refractivity contribution < 1.29 is 9.18 Å². The maximum atomic E-state index is 12.9. The van der Waals surface area contributed by atoms with Crippen molar-refractivity contribution >= 4 is 33.2 Å². The second-order valence-electron chi connectivity index (χ2n) is 3.87. The molecule has 2 aromatic rings. The Morgan fingerprint density at radius 3 is 2.83 bits per heavy atom. The van der Waals surface area contributed by atoms with Crippen LogP contribution in [0.15, 0.2) is 34.1 Å². The van der Waals surface area contributed by atoms with Crippen LogP contribution in [0.25, 0.3) is 0 Å². The molecule has 0 aliphatic heterocycles. The van der Waals surface area contributed by atoms with E-state index in [0.29, 0.717) is 17.7 Å². The molecular formula is C13H11BrFNOS. The van der Waals surface area contributed by atoms with Gasteiger partial charge in [-0.25, -0.2) is 4.39 Å². The first-order chi connectivity index (χ1) is 8.56. The number of carbonyl (C=O) groups is 1. The van der Waals surface area contributed by atoms with Crippen molar-refractivity contribution in [2.75, 3.05) is 0 Å². The summed E-state index contributed by atoms with van der Waals surface area (Å²) in [7, 11) is 0. The molecule has 94 valence electrons. The summed E-state index contributed by atoms with van der Waals surface area (Å²) < 4.78 is 13.9. The first-order valence-corrected chi connectivity index (χ1v) is 7.01. The molecule has 1 aromatic carbocycles. The highest BCUT2D eigenvalue weighted by Gasteiger charge is 2.09. The van der Waals surface area contributed by atoms with Crippen molar-refractivity contribution in [3.63, 3.8) is 0 Å². The van der Waals surface area contributed by atoms with Crippen LogP contribution in [0.4, 0.5) is 4.39 Å². The number of halogens is 2. The van der Waals surface area contributed by atoms with Crippen molar-refractivity contribution in [3.05, 3.63) is 55.9 Å². The Hall–Kier alpha value is -1.20. The Morgan fingerprint density at radius 1 is 1.44 bits per heavy atom. The summed E-state index contributed by atoms with van der Waals surface area (Å²) in [4.78, 5) is 13.0. The molecule has 0 aliphatic carbocycles. The largest absolute Gasteiger partial charge is 0.347 e. The van der Waals surface area contributed by atoms with E-state index in [1.54, 1.807) is 18.3 Å². The minimum absolute atomic E-state index is 0.183. The topological polar surface area (TPSA) is 29.1 Å². The zero-order valence-corrected chi connectivity index (χ0v) is 12.1. The number of aryl methyl sites for hydroxylation is 1. The Kier molecular flexibility index (Phi) is 4.14. The number of hydrogen-bond acceptors (Lipinski definition) is 2. The van der Waals surface area contributed by atoms with Crippen LogP contribution in [0.3, 0.4) is 0 Å². The fourth-order valence-corrected chi connectivity index (χ4v) is 2.98. The Bertz CT molecular complexity index is 582. The van der Waals surface area contributed by atoms with Crippen LogP contribution in [-0.4, -0.2) is 5.91 Å². The van der Waals surface area contributed by atoms with Gasteiger partial charge in [-0.05, 0) is 52.7 Å². The molecule has 0 saturated carbocycles. The molecule has 18 heavy (non-hydrogen) atoms. The van der Waals surface area contributed by atoms with E-state index in [2.05, 4.69) is 21.2 Å². The Labute approximate surface area is 117 Å². The molecule has 1 aromatic heterocycles. The molecule has 5 heteroatoms. The molecule has 2 rings (SSSR count).